The minimum absolute atomic E-state index is 0.162. The van der Waals surface area contributed by atoms with Crippen LogP contribution in [0.3, 0.4) is 0 Å². The molecule has 0 aliphatic rings. The number of halogens is 1. The molecule has 2 heteroatoms. The normalized spacial score (nSPS) is 12.4. The van der Waals surface area contributed by atoms with E-state index in [0.717, 1.165) is 18.5 Å². The molecule has 20 heavy (non-hydrogen) atoms. The van der Waals surface area contributed by atoms with Gasteiger partial charge >= 0.3 is 0 Å². The Kier molecular flexibility index (Phi) is 4.91. The van der Waals surface area contributed by atoms with E-state index in [2.05, 4.69) is 44.3 Å². The molecule has 2 aromatic rings. The summed E-state index contributed by atoms with van der Waals surface area (Å²) in [6, 6.07) is 13.7. The van der Waals surface area contributed by atoms with Crippen molar-refractivity contribution < 1.29 is 4.39 Å². The van der Waals surface area contributed by atoms with Gasteiger partial charge in [0.15, 0.2) is 0 Å². The fraction of sp³-hybridized carbons (Fsp3) is 0.333. The van der Waals surface area contributed by atoms with E-state index in [-0.39, 0.29) is 5.82 Å². The van der Waals surface area contributed by atoms with Gasteiger partial charge in [0.25, 0.3) is 0 Å². The molecule has 0 radical (unpaired) electrons. The van der Waals surface area contributed by atoms with Crippen LogP contribution in [0.25, 0.3) is 0 Å². The SMILES string of the molecule is Cc1ccc(C(C)NCCc2cccc(F)c2)c(C)c1. The fourth-order valence-corrected chi connectivity index (χ4v) is 2.55. The maximum absolute atomic E-state index is 13.1. The van der Waals surface area contributed by atoms with E-state index in [4.69, 9.17) is 0 Å². The van der Waals surface area contributed by atoms with Crippen LogP contribution in [0.1, 0.15) is 35.2 Å². The minimum Gasteiger partial charge on any atom is -0.310 e. The van der Waals surface area contributed by atoms with Crippen molar-refractivity contribution in [1.29, 1.82) is 0 Å². The van der Waals surface area contributed by atoms with E-state index < -0.39 is 0 Å². The molecule has 0 spiro atoms. The number of benzene rings is 2. The zero-order chi connectivity index (χ0) is 14.5. The number of hydrogen-bond donors (Lipinski definition) is 1. The van der Waals surface area contributed by atoms with Crippen LogP contribution < -0.4 is 5.32 Å². The summed E-state index contributed by atoms with van der Waals surface area (Å²) >= 11 is 0. The third-order valence-electron chi connectivity index (χ3n) is 3.65. The van der Waals surface area contributed by atoms with Crippen molar-refractivity contribution in [3.63, 3.8) is 0 Å². The van der Waals surface area contributed by atoms with E-state index in [1.807, 2.05) is 6.07 Å². The van der Waals surface area contributed by atoms with E-state index >= 15 is 0 Å². The van der Waals surface area contributed by atoms with Crippen LogP contribution in [0.15, 0.2) is 42.5 Å². The molecule has 0 saturated carbocycles. The molecule has 1 unspecified atom stereocenters. The highest BCUT2D eigenvalue weighted by Crippen LogP contribution is 2.18. The van der Waals surface area contributed by atoms with E-state index in [1.54, 1.807) is 12.1 Å². The first-order valence-electron chi connectivity index (χ1n) is 7.11. The standard InChI is InChI=1S/C18H22FN/c1-13-7-8-18(14(2)11-13)15(3)20-10-9-16-5-4-6-17(19)12-16/h4-8,11-12,15,20H,9-10H2,1-3H3. The van der Waals surface area contributed by atoms with Crippen LogP contribution in [0.4, 0.5) is 4.39 Å². The number of nitrogens with one attached hydrogen (secondary N) is 1. The zero-order valence-electron chi connectivity index (χ0n) is 12.4. The zero-order valence-corrected chi connectivity index (χ0v) is 12.4. The molecule has 1 nitrogen and oxygen atoms in total. The lowest BCUT2D eigenvalue weighted by Crippen LogP contribution is -2.22. The number of hydrogen-bond acceptors (Lipinski definition) is 1. The van der Waals surface area contributed by atoms with Gasteiger partial charge in [-0.2, -0.15) is 0 Å². The molecule has 106 valence electrons. The second-order valence-corrected chi connectivity index (χ2v) is 5.42. The van der Waals surface area contributed by atoms with Crippen molar-refractivity contribution in [2.45, 2.75) is 33.2 Å². The van der Waals surface area contributed by atoms with Gasteiger partial charge in [-0.05, 0) is 62.6 Å². The van der Waals surface area contributed by atoms with Crippen LogP contribution in [0, 0.1) is 19.7 Å². The van der Waals surface area contributed by atoms with Gasteiger partial charge in [-0.1, -0.05) is 35.9 Å². The molecule has 2 rings (SSSR count). The molecule has 0 heterocycles. The molecule has 1 N–H and O–H groups in total. The molecular weight excluding hydrogens is 249 g/mol. The first kappa shape index (κ1) is 14.7. The molecule has 0 aliphatic carbocycles. The Balaban J connectivity index is 1.90. The molecule has 1 atom stereocenters. The largest absolute Gasteiger partial charge is 0.310 e. The lowest BCUT2D eigenvalue weighted by Gasteiger charge is -2.17. The van der Waals surface area contributed by atoms with Gasteiger partial charge in [0.05, 0.1) is 0 Å². The predicted molar refractivity (Wildman–Crippen MR) is 82.4 cm³/mol. The number of aryl methyl sites for hydroxylation is 2. The van der Waals surface area contributed by atoms with Gasteiger partial charge in [-0.3, -0.25) is 0 Å². The van der Waals surface area contributed by atoms with Crippen molar-refractivity contribution in [3.05, 3.63) is 70.5 Å². The van der Waals surface area contributed by atoms with Crippen molar-refractivity contribution in [2.24, 2.45) is 0 Å². The molecule has 0 aromatic heterocycles. The van der Waals surface area contributed by atoms with Crippen molar-refractivity contribution in [1.82, 2.24) is 5.32 Å². The Morgan fingerprint density at radius 1 is 1.10 bits per heavy atom. The molecule has 0 bridgehead atoms. The van der Waals surface area contributed by atoms with Crippen LogP contribution in [-0.4, -0.2) is 6.54 Å². The Bertz CT molecular complexity index is 577. The Morgan fingerprint density at radius 3 is 2.60 bits per heavy atom. The predicted octanol–water partition coefficient (Wildman–Crippen LogP) is 4.34. The van der Waals surface area contributed by atoms with Crippen LogP contribution in [0.5, 0.6) is 0 Å². The Morgan fingerprint density at radius 2 is 1.90 bits per heavy atom. The first-order valence-corrected chi connectivity index (χ1v) is 7.11. The Hall–Kier alpha value is -1.67. The topological polar surface area (TPSA) is 12.0 Å². The minimum atomic E-state index is -0.162. The average Bonchev–Trinajstić information content (AvgIpc) is 2.38. The fourth-order valence-electron chi connectivity index (χ4n) is 2.55. The summed E-state index contributed by atoms with van der Waals surface area (Å²) in [6.45, 7) is 7.27. The second-order valence-electron chi connectivity index (χ2n) is 5.42. The van der Waals surface area contributed by atoms with Crippen LogP contribution >= 0.6 is 0 Å². The summed E-state index contributed by atoms with van der Waals surface area (Å²) in [4.78, 5) is 0. The maximum atomic E-state index is 13.1. The average molecular weight is 271 g/mol. The van der Waals surface area contributed by atoms with Crippen LogP contribution in [0.2, 0.25) is 0 Å². The summed E-state index contributed by atoms with van der Waals surface area (Å²) in [5.41, 5.74) is 4.97. The highest BCUT2D eigenvalue weighted by atomic mass is 19.1. The van der Waals surface area contributed by atoms with E-state index in [1.165, 1.54) is 22.8 Å². The summed E-state index contributed by atoms with van der Waals surface area (Å²) in [6.07, 6.45) is 0.840. The van der Waals surface area contributed by atoms with Crippen molar-refractivity contribution >= 4 is 0 Å². The van der Waals surface area contributed by atoms with Crippen LogP contribution in [-0.2, 0) is 6.42 Å². The van der Waals surface area contributed by atoms with Gasteiger partial charge < -0.3 is 5.32 Å². The number of rotatable bonds is 5. The third-order valence-corrected chi connectivity index (χ3v) is 3.65. The molecule has 0 saturated heterocycles. The summed E-state index contributed by atoms with van der Waals surface area (Å²) in [5.74, 6) is -0.162. The van der Waals surface area contributed by atoms with Gasteiger partial charge in [0.2, 0.25) is 0 Å². The summed E-state index contributed by atoms with van der Waals surface area (Å²) in [5, 5.41) is 3.50. The summed E-state index contributed by atoms with van der Waals surface area (Å²) < 4.78 is 13.1. The summed E-state index contributed by atoms with van der Waals surface area (Å²) in [7, 11) is 0. The first-order chi connectivity index (χ1) is 9.56. The third kappa shape index (κ3) is 3.91. The molecule has 0 aliphatic heterocycles. The lowest BCUT2D eigenvalue weighted by atomic mass is 10.00. The van der Waals surface area contributed by atoms with Gasteiger partial charge in [0, 0.05) is 6.04 Å². The quantitative estimate of drug-likeness (QED) is 0.853. The second kappa shape index (κ2) is 6.67. The van der Waals surface area contributed by atoms with Gasteiger partial charge in [-0.15, -0.1) is 0 Å². The van der Waals surface area contributed by atoms with Gasteiger partial charge in [-0.25, -0.2) is 4.39 Å². The van der Waals surface area contributed by atoms with E-state index in [0.29, 0.717) is 6.04 Å². The maximum Gasteiger partial charge on any atom is 0.123 e. The van der Waals surface area contributed by atoms with Crippen molar-refractivity contribution in [3.8, 4) is 0 Å². The Labute approximate surface area is 120 Å². The molecular formula is C18H22FN. The van der Waals surface area contributed by atoms with E-state index in [9.17, 15) is 4.39 Å². The highest BCUT2D eigenvalue weighted by molar-refractivity contribution is 5.32. The monoisotopic (exact) mass is 271 g/mol. The highest BCUT2D eigenvalue weighted by Gasteiger charge is 2.07. The lowest BCUT2D eigenvalue weighted by molar-refractivity contribution is 0.572. The smallest absolute Gasteiger partial charge is 0.123 e. The molecule has 0 amide bonds. The molecule has 0 fully saturated rings. The van der Waals surface area contributed by atoms with Crippen molar-refractivity contribution in [2.75, 3.05) is 6.54 Å². The molecule has 2 aromatic carbocycles. The van der Waals surface area contributed by atoms with Gasteiger partial charge in [0.1, 0.15) is 5.82 Å².